The third-order valence-electron chi connectivity index (χ3n) is 0.916. The first-order valence-corrected chi connectivity index (χ1v) is 3.12. The summed E-state index contributed by atoms with van der Waals surface area (Å²) in [6.45, 7) is 0. The summed E-state index contributed by atoms with van der Waals surface area (Å²) in [4.78, 5) is 0. The Kier molecular flexibility index (Phi) is 1.71. The topological polar surface area (TPSA) is 19.9 Å². The molecule has 0 saturated carbocycles. The van der Waals surface area contributed by atoms with Gasteiger partial charge in [-0.3, -0.25) is 5.11 Å². The van der Waals surface area contributed by atoms with E-state index in [2.05, 4.69) is 15.9 Å². The summed E-state index contributed by atoms with van der Waals surface area (Å²) in [5.74, 6) is -0.836. The SMILES string of the molecule is [O]c1cccc(F)c1Br. The number of benzene rings is 1. The average Bonchev–Trinajstić information content (AvgIpc) is 1.83. The van der Waals surface area contributed by atoms with Crippen LogP contribution < -0.4 is 0 Å². The summed E-state index contributed by atoms with van der Waals surface area (Å²) in [7, 11) is 0. The fourth-order valence-electron chi connectivity index (χ4n) is 0.484. The Morgan fingerprint density at radius 2 is 2.11 bits per heavy atom. The van der Waals surface area contributed by atoms with Crippen LogP contribution in [0.2, 0.25) is 0 Å². The second-order valence-corrected chi connectivity index (χ2v) is 2.34. The molecule has 0 unspecified atom stereocenters. The van der Waals surface area contributed by atoms with Crippen molar-refractivity contribution in [1.29, 1.82) is 0 Å². The first-order chi connectivity index (χ1) is 4.22. The minimum Gasteiger partial charge on any atom is -0.289 e. The van der Waals surface area contributed by atoms with E-state index in [1.54, 1.807) is 0 Å². The number of halogens is 2. The van der Waals surface area contributed by atoms with Crippen molar-refractivity contribution < 1.29 is 9.50 Å². The van der Waals surface area contributed by atoms with Crippen LogP contribution in [0.25, 0.3) is 0 Å². The quantitative estimate of drug-likeness (QED) is 0.599. The Bertz CT molecular complexity index is 204. The Balaban J connectivity index is 3.25. The van der Waals surface area contributed by atoms with Crippen molar-refractivity contribution in [3.63, 3.8) is 0 Å². The van der Waals surface area contributed by atoms with E-state index in [1.807, 2.05) is 0 Å². The smallest absolute Gasteiger partial charge is 0.195 e. The largest absolute Gasteiger partial charge is 0.289 e. The molecule has 47 valence electrons. The first kappa shape index (κ1) is 6.55. The molecule has 1 rings (SSSR count). The van der Waals surface area contributed by atoms with Crippen molar-refractivity contribution in [2.24, 2.45) is 0 Å². The van der Waals surface area contributed by atoms with E-state index in [9.17, 15) is 9.50 Å². The van der Waals surface area contributed by atoms with E-state index >= 15 is 0 Å². The van der Waals surface area contributed by atoms with Gasteiger partial charge in [-0.2, -0.15) is 0 Å². The second-order valence-electron chi connectivity index (χ2n) is 1.55. The van der Waals surface area contributed by atoms with Crippen molar-refractivity contribution in [3.8, 4) is 5.75 Å². The third-order valence-corrected chi connectivity index (χ3v) is 1.69. The fraction of sp³-hybridized carbons (Fsp3) is 0. The van der Waals surface area contributed by atoms with Gasteiger partial charge in [-0.25, -0.2) is 4.39 Å². The fourth-order valence-corrected chi connectivity index (χ4v) is 0.748. The van der Waals surface area contributed by atoms with Crippen molar-refractivity contribution in [2.45, 2.75) is 0 Å². The zero-order valence-corrected chi connectivity index (χ0v) is 5.98. The Labute approximate surface area is 60.3 Å². The molecule has 0 aliphatic carbocycles. The highest BCUT2D eigenvalue weighted by molar-refractivity contribution is 9.10. The van der Waals surface area contributed by atoms with Crippen LogP contribution in [-0.4, -0.2) is 0 Å². The molecule has 1 radical (unpaired) electrons. The molecule has 0 amide bonds. The van der Waals surface area contributed by atoms with Gasteiger partial charge in [0.15, 0.2) is 5.75 Å². The lowest BCUT2D eigenvalue weighted by atomic mass is 10.3. The van der Waals surface area contributed by atoms with Gasteiger partial charge in [-0.1, -0.05) is 6.07 Å². The van der Waals surface area contributed by atoms with Crippen LogP contribution in [0, 0.1) is 5.82 Å². The van der Waals surface area contributed by atoms with Crippen LogP contribution in [0.4, 0.5) is 4.39 Å². The van der Waals surface area contributed by atoms with Gasteiger partial charge in [0, 0.05) is 0 Å². The van der Waals surface area contributed by atoms with Crippen molar-refractivity contribution in [2.75, 3.05) is 0 Å². The highest BCUT2D eigenvalue weighted by atomic mass is 79.9. The Morgan fingerprint density at radius 3 is 2.56 bits per heavy atom. The van der Waals surface area contributed by atoms with Crippen LogP contribution in [0.15, 0.2) is 22.7 Å². The van der Waals surface area contributed by atoms with E-state index in [1.165, 1.54) is 18.2 Å². The number of hydrogen-bond acceptors (Lipinski definition) is 0. The lowest BCUT2D eigenvalue weighted by Gasteiger charge is -1.91. The lowest BCUT2D eigenvalue weighted by molar-refractivity contribution is 0.349. The average molecular weight is 190 g/mol. The Morgan fingerprint density at radius 1 is 1.44 bits per heavy atom. The van der Waals surface area contributed by atoms with E-state index in [-0.39, 0.29) is 10.2 Å². The molecule has 0 saturated heterocycles. The molecule has 0 aliphatic rings. The maximum atomic E-state index is 12.3. The number of rotatable bonds is 0. The maximum Gasteiger partial charge on any atom is 0.195 e. The standard InChI is InChI=1S/C6H3BrFO/c7-6-4(8)2-1-3-5(6)9/h1-3H. The van der Waals surface area contributed by atoms with Gasteiger partial charge in [-0.15, -0.1) is 0 Å². The Hall–Kier alpha value is -0.570. The molecular weight excluding hydrogens is 187 g/mol. The van der Waals surface area contributed by atoms with Gasteiger partial charge in [0.2, 0.25) is 0 Å². The van der Waals surface area contributed by atoms with Crippen LogP contribution >= 0.6 is 15.9 Å². The monoisotopic (exact) mass is 189 g/mol. The molecule has 0 N–H and O–H groups in total. The molecule has 3 heteroatoms. The van der Waals surface area contributed by atoms with Gasteiger partial charge in [-0.05, 0) is 28.1 Å². The van der Waals surface area contributed by atoms with Crippen LogP contribution in [0.1, 0.15) is 0 Å². The molecular formula is C6H3BrFO. The summed E-state index contributed by atoms with van der Waals surface area (Å²) in [5.41, 5.74) is 0. The van der Waals surface area contributed by atoms with E-state index < -0.39 is 5.82 Å². The van der Waals surface area contributed by atoms with Gasteiger partial charge >= 0.3 is 0 Å². The van der Waals surface area contributed by atoms with Gasteiger partial charge in [0.05, 0.1) is 0 Å². The summed E-state index contributed by atoms with van der Waals surface area (Å²) < 4.78 is 12.3. The highest BCUT2D eigenvalue weighted by Gasteiger charge is 2.02. The summed E-state index contributed by atoms with van der Waals surface area (Å²) in [6.07, 6.45) is 0. The van der Waals surface area contributed by atoms with Gasteiger partial charge in [0.25, 0.3) is 0 Å². The van der Waals surface area contributed by atoms with Gasteiger partial charge in [0.1, 0.15) is 10.3 Å². The summed E-state index contributed by atoms with van der Waals surface area (Å²) >= 11 is 2.79. The van der Waals surface area contributed by atoms with Crippen LogP contribution in [-0.2, 0) is 5.11 Å². The minimum atomic E-state index is -0.512. The molecule has 0 atom stereocenters. The third kappa shape index (κ3) is 1.21. The predicted molar refractivity (Wildman–Crippen MR) is 34.2 cm³/mol. The lowest BCUT2D eigenvalue weighted by Crippen LogP contribution is -1.73. The first-order valence-electron chi connectivity index (χ1n) is 2.33. The van der Waals surface area contributed by atoms with E-state index in [0.717, 1.165) is 0 Å². The predicted octanol–water partition coefficient (Wildman–Crippen LogP) is 2.73. The summed E-state index contributed by atoms with van der Waals surface area (Å²) in [5, 5.41) is 10.6. The minimum absolute atomic E-state index is 0.00463. The molecule has 0 spiro atoms. The van der Waals surface area contributed by atoms with Crippen molar-refractivity contribution >= 4 is 15.9 Å². The molecule has 1 aromatic carbocycles. The molecule has 1 aromatic rings. The summed E-state index contributed by atoms with van der Waals surface area (Å²) in [6, 6.07) is 3.90. The van der Waals surface area contributed by atoms with Crippen molar-refractivity contribution in [1.82, 2.24) is 0 Å². The molecule has 0 aromatic heterocycles. The number of hydrogen-bond donors (Lipinski definition) is 0. The van der Waals surface area contributed by atoms with Gasteiger partial charge < -0.3 is 0 Å². The van der Waals surface area contributed by atoms with Crippen LogP contribution in [0.3, 0.4) is 0 Å². The van der Waals surface area contributed by atoms with Crippen LogP contribution in [0.5, 0.6) is 5.75 Å². The van der Waals surface area contributed by atoms with E-state index in [4.69, 9.17) is 0 Å². The molecule has 0 bridgehead atoms. The normalized spacial score (nSPS) is 9.56. The van der Waals surface area contributed by atoms with Crippen molar-refractivity contribution in [3.05, 3.63) is 28.5 Å². The maximum absolute atomic E-state index is 12.3. The van der Waals surface area contributed by atoms with E-state index in [0.29, 0.717) is 0 Å². The molecule has 1 nitrogen and oxygen atoms in total. The molecule has 0 aliphatic heterocycles. The molecule has 9 heavy (non-hydrogen) atoms. The highest BCUT2D eigenvalue weighted by Crippen LogP contribution is 2.25. The second kappa shape index (κ2) is 2.35. The molecule has 0 heterocycles. The molecule has 0 fully saturated rings. The zero-order valence-electron chi connectivity index (χ0n) is 4.40. The zero-order chi connectivity index (χ0) is 6.85.